The van der Waals surface area contributed by atoms with Gasteiger partial charge in [-0.25, -0.2) is 9.59 Å². The van der Waals surface area contributed by atoms with Gasteiger partial charge in [-0.05, 0) is 76.5 Å². The fraction of sp³-hybridized carbons (Fsp3) is 0.655. The van der Waals surface area contributed by atoms with Crippen molar-refractivity contribution in [1.29, 1.82) is 0 Å². The Morgan fingerprint density at radius 2 is 1.38 bits per heavy atom. The molecule has 0 fully saturated rings. The number of nitrogens with one attached hydrogen (secondary N) is 1. The molecular formula is C29H45NO10. The summed E-state index contributed by atoms with van der Waals surface area (Å²) in [6.07, 6.45) is -1.24. The first-order valence-electron chi connectivity index (χ1n) is 13.6. The first-order valence-corrected chi connectivity index (χ1v) is 13.6. The van der Waals surface area contributed by atoms with Gasteiger partial charge in [0.15, 0.2) is 11.5 Å². The van der Waals surface area contributed by atoms with E-state index in [-0.39, 0.29) is 37.7 Å². The van der Waals surface area contributed by atoms with Crippen LogP contribution in [0.3, 0.4) is 0 Å². The van der Waals surface area contributed by atoms with Gasteiger partial charge in [-0.2, -0.15) is 0 Å². The van der Waals surface area contributed by atoms with Crippen molar-refractivity contribution in [3.63, 3.8) is 0 Å². The molecule has 40 heavy (non-hydrogen) atoms. The van der Waals surface area contributed by atoms with Crippen LogP contribution >= 0.6 is 0 Å². The molecule has 0 aliphatic carbocycles. The lowest BCUT2D eigenvalue weighted by molar-refractivity contribution is -0.157. The number of carboxylic acid groups (broad SMARTS) is 1. The van der Waals surface area contributed by atoms with E-state index in [1.54, 1.807) is 33.8 Å². The van der Waals surface area contributed by atoms with Crippen molar-refractivity contribution in [2.75, 3.05) is 19.8 Å². The summed E-state index contributed by atoms with van der Waals surface area (Å²) in [7, 11) is 0. The van der Waals surface area contributed by atoms with Crippen molar-refractivity contribution >= 4 is 24.2 Å². The van der Waals surface area contributed by atoms with Crippen molar-refractivity contribution in [3.05, 3.63) is 23.8 Å². The van der Waals surface area contributed by atoms with E-state index in [1.807, 2.05) is 27.7 Å². The summed E-state index contributed by atoms with van der Waals surface area (Å²) in [4.78, 5) is 48.5. The topological polar surface area (TPSA) is 147 Å². The van der Waals surface area contributed by atoms with Gasteiger partial charge in [0.05, 0.1) is 18.6 Å². The van der Waals surface area contributed by atoms with Crippen LogP contribution in [0.1, 0.15) is 73.8 Å². The van der Waals surface area contributed by atoms with Crippen molar-refractivity contribution < 1.29 is 48.0 Å². The number of rotatable bonds is 15. The number of aliphatic carboxylic acids is 1. The number of carbonyl (C=O) groups is 4. The second-order valence-electron chi connectivity index (χ2n) is 11.5. The molecule has 0 aliphatic heterocycles. The van der Waals surface area contributed by atoms with Crippen LogP contribution in [-0.2, 0) is 30.2 Å². The molecule has 0 saturated heterocycles. The van der Waals surface area contributed by atoms with E-state index in [2.05, 4.69) is 5.32 Å². The van der Waals surface area contributed by atoms with Crippen LogP contribution in [-0.4, -0.2) is 61.3 Å². The molecule has 11 heteroatoms. The average Bonchev–Trinajstić information content (AvgIpc) is 2.81. The second kappa shape index (κ2) is 16.7. The van der Waals surface area contributed by atoms with Gasteiger partial charge in [0, 0.05) is 6.54 Å². The van der Waals surface area contributed by atoms with Crippen LogP contribution in [0.4, 0.5) is 9.59 Å². The van der Waals surface area contributed by atoms with Crippen molar-refractivity contribution in [2.24, 2.45) is 17.3 Å². The molecule has 0 bridgehead atoms. The molecule has 2 N–H and O–H groups in total. The molecule has 0 spiro atoms. The van der Waals surface area contributed by atoms with Crippen molar-refractivity contribution in [2.45, 2.75) is 86.8 Å². The number of carboxylic acids is 1. The second-order valence-corrected chi connectivity index (χ2v) is 11.5. The zero-order valence-electron chi connectivity index (χ0n) is 24.9. The smallest absolute Gasteiger partial charge is 0.480 e. The highest BCUT2D eigenvalue weighted by Gasteiger charge is 2.26. The van der Waals surface area contributed by atoms with Gasteiger partial charge < -0.3 is 34.1 Å². The number of hydrogen-bond acceptors (Lipinski definition) is 10. The maximum absolute atomic E-state index is 12.3. The molecular weight excluding hydrogens is 522 g/mol. The third-order valence-corrected chi connectivity index (χ3v) is 5.54. The highest BCUT2D eigenvalue weighted by molar-refractivity contribution is 5.76. The lowest BCUT2D eigenvalue weighted by atomic mass is 9.97. The molecule has 0 radical (unpaired) electrons. The largest absolute Gasteiger partial charge is 0.513 e. The molecule has 1 unspecified atom stereocenters. The van der Waals surface area contributed by atoms with E-state index in [4.69, 9.17) is 23.7 Å². The van der Waals surface area contributed by atoms with E-state index < -0.39 is 41.8 Å². The fourth-order valence-electron chi connectivity index (χ4n) is 3.03. The molecule has 1 aromatic rings. The van der Waals surface area contributed by atoms with Crippen LogP contribution in [0.5, 0.6) is 11.5 Å². The molecule has 0 saturated carbocycles. The molecule has 11 nitrogen and oxygen atoms in total. The zero-order chi connectivity index (χ0) is 30.5. The molecule has 1 rings (SSSR count). The molecule has 0 aliphatic rings. The summed E-state index contributed by atoms with van der Waals surface area (Å²) in [6.45, 7) is 15.2. The number of benzene rings is 1. The summed E-state index contributed by atoms with van der Waals surface area (Å²) in [6, 6.07) is 3.30. The average molecular weight is 568 g/mol. The van der Waals surface area contributed by atoms with E-state index in [0.717, 1.165) is 0 Å². The van der Waals surface area contributed by atoms with Crippen LogP contribution < -0.4 is 14.8 Å². The van der Waals surface area contributed by atoms with Gasteiger partial charge in [-0.3, -0.25) is 9.59 Å². The first kappa shape index (κ1) is 34.7. The minimum Gasteiger partial charge on any atom is -0.480 e. The van der Waals surface area contributed by atoms with Gasteiger partial charge in [0.2, 0.25) is 0 Å². The Balaban J connectivity index is 3.00. The fourth-order valence-corrected chi connectivity index (χ4v) is 3.03. The summed E-state index contributed by atoms with van der Waals surface area (Å²) in [5.41, 5.74) is -0.206. The number of ether oxygens (including phenoxy) is 5. The Morgan fingerprint density at radius 1 is 0.850 bits per heavy atom. The minimum absolute atomic E-state index is 0.00680. The standard InChI is InChI=1S/C29H45NO10/c1-18(2)11-13-36-27(34)39-23-10-9-21(16-24(23)40-28(35)37-14-12-19(3)4)15-22(25(31)32)30-17-20(5)38-26(33)29(6,7)8/h9-10,16,18-20,22,30H,11-15,17H2,1-8H3,(H,31,32)/t20?,22-/m0/s1. The predicted octanol–water partition coefficient (Wildman–Crippen LogP) is 5.37. The number of hydrogen-bond donors (Lipinski definition) is 2. The Kier molecular flexibility index (Phi) is 14.5. The summed E-state index contributed by atoms with van der Waals surface area (Å²) in [5, 5.41) is 12.6. The van der Waals surface area contributed by atoms with Gasteiger partial charge in [-0.1, -0.05) is 33.8 Å². The SMILES string of the molecule is CC(C)CCOC(=O)Oc1ccc(C[C@H](NCC(C)OC(=O)C(C)(C)C)C(=O)O)cc1OC(=O)OCCC(C)C. The minimum atomic E-state index is -1.13. The lowest BCUT2D eigenvalue weighted by Gasteiger charge is -2.23. The van der Waals surface area contributed by atoms with Gasteiger partial charge >= 0.3 is 24.2 Å². The Morgan fingerprint density at radius 3 is 1.85 bits per heavy atom. The van der Waals surface area contributed by atoms with Crippen LogP contribution in [0.15, 0.2) is 18.2 Å². The summed E-state index contributed by atoms with van der Waals surface area (Å²) in [5.74, 6) is -1.08. The van der Waals surface area contributed by atoms with Crippen LogP contribution in [0, 0.1) is 17.3 Å². The van der Waals surface area contributed by atoms with E-state index in [0.29, 0.717) is 30.2 Å². The lowest BCUT2D eigenvalue weighted by Crippen LogP contribution is -2.43. The van der Waals surface area contributed by atoms with Gasteiger partial charge in [0.25, 0.3) is 0 Å². The molecule has 0 aromatic heterocycles. The molecule has 0 heterocycles. The number of esters is 1. The van der Waals surface area contributed by atoms with Crippen molar-refractivity contribution in [1.82, 2.24) is 5.32 Å². The quantitative estimate of drug-likeness (QED) is 0.160. The first-order chi connectivity index (χ1) is 18.6. The summed E-state index contributed by atoms with van der Waals surface area (Å²) >= 11 is 0. The van der Waals surface area contributed by atoms with E-state index >= 15 is 0 Å². The molecule has 0 amide bonds. The highest BCUT2D eigenvalue weighted by Crippen LogP contribution is 2.30. The Bertz CT molecular complexity index is 984. The Hall–Kier alpha value is -3.34. The van der Waals surface area contributed by atoms with E-state index in [1.165, 1.54) is 12.1 Å². The maximum Gasteiger partial charge on any atom is 0.513 e. The monoisotopic (exact) mass is 567 g/mol. The van der Waals surface area contributed by atoms with Crippen LogP contribution in [0.25, 0.3) is 0 Å². The number of carbonyl (C=O) groups excluding carboxylic acids is 3. The van der Waals surface area contributed by atoms with Crippen LogP contribution in [0.2, 0.25) is 0 Å². The van der Waals surface area contributed by atoms with E-state index in [9.17, 15) is 24.3 Å². The normalized spacial score (nSPS) is 12.9. The maximum atomic E-state index is 12.3. The van der Waals surface area contributed by atoms with Crippen molar-refractivity contribution in [3.8, 4) is 11.5 Å². The zero-order valence-corrected chi connectivity index (χ0v) is 24.9. The molecule has 226 valence electrons. The summed E-state index contributed by atoms with van der Waals surface area (Å²) < 4.78 is 26.1. The Labute approximate surface area is 236 Å². The third-order valence-electron chi connectivity index (χ3n) is 5.54. The highest BCUT2D eigenvalue weighted by atomic mass is 16.7. The third kappa shape index (κ3) is 14.2. The van der Waals surface area contributed by atoms with Gasteiger partial charge in [0.1, 0.15) is 12.1 Å². The molecule has 1 aromatic carbocycles. The molecule has 2 atom stereocenters. The van der Waals surface area contributed by atoms with Gasteiger partial charge in [-0.15, -0.1) is 0 Å². The predicted molar refractivity (Wildman–Crippen MR) is 147 cm³/mol.